The number of aliphatic hydroxyl groups is 1. The van der Waals surface area contributed by atoms with Gasteiger partial charge in [0.1, 0.15) is 0 Å². The zero-order valence-electron chi connectivity index (χ0n) is 11.7. The summed E-state index contributed by atoms with van der Waals surface area (Å²) in [6.07, 6.45) is 2.14. The molecule has 20 heavy (non-hydrogen) atoms. The Bertz CT molecular complexity index is 575. The predicted octanol–water partition coefficient (Wildman–Crippen LogP) is 2.48. The van der Waals surface area contributed by atoms with Crippen molar-refractivity contribution in [3.8, 4) is 0 Å². The van der Waals surface area contributed by atoms with Crippen molar-refractivity contribution in [2.75, 3.05) is 18.4 Å². The van der Waals surface area contributed by atoms with Gasteiger partial charge in [0.25, 0.3) is 5.91 Å². The molecule has 3 rings (SSSR count). The number of piperidine rings is 1. The van der Waals surface area contributed by atoms with E-state index in [1.165, 1.54) is 0 Å². The third-order valence-electron chi connectivity index (χ3n) is 4.44. The second-order valence-corrected chi connectivity index (χ2v) is 6.32. The molecular formula is C15H19ClN2O2. The van der Waals surface area contributed by atoms with Gasteiger partial charge in [-0.3, -0.25) is 9.69 Å². The first kappa shape index (κ1) is 13.9. The molecule has 2 atom stereocenters. The highest BCUT2D eigenvalue weighted by atomic mass is 35.5. The van der Waals surface area contributed by atoms with E-state index in [1.807, 2.05) is 11.8 Å². The number of rotatable bonds is 1. The third kappa shape index (κ3) is 1.86. The molecule has 2 aliphatic heterocycles. The number of hydrogen-bond donors (Lipinski definition) is 2. The molecular weight excluding hydrogens is 276 g/mol. The molecule has 1 saturated heterocycles. The molecule has 4 nitrogen and oxygen atoms in total. The predicted molar refractivity (Wildman–Crippen MR) is 78.7 cm³/mol. The largest absolute Gasteiger partial charge is 0.364 e. The van der Waals surface area contributed by atoms with Gasteiger partial charge in [0.05, 0.1) is 5.69 Å². The first-order valence-electron chi connectivity index (χ1n) is 7.03. The van der Waals surface area contributed by atoms with Crippen LogP contribution in [0.4, 0.5) is 5.69 Å². The van der Waals surface area contributed by atoms with Crippen molar-refractivity contribution < 1.29 is 9.90 Å². The fourth-order valence-electron chi connectivity index (χ4n) is 3.26. The van der Waals surface area contributed by atoms with Gasteiger partial charge in [0.15, 0.2) is 0 Å². The topological polar surface area (TPSA) is 52.6 Å². The average molecular weight is 295 g/mol. The van der Waals surface area contributed by atoms with Crippen molar-refractivity contribution in [3.05, 3.63) is 28.3 Å². The number of carbonyl (C=O) groups is 1. The lowest BCUT2D eigenvalue weighted by Gasteiger charge is -2.39. The highest BCUT2D eigenvalue weighted by Crippen LogP contribution is 2.43. The molecule has 1 fully saturated rings. The average Bonchev–Trinajstić information content (AvgIpc) is 2.68. The molecule has 2 aliphatic rings. The molecule has 0 bridgehead atoms. The van der Waals surface area contributed by atoms with Gasteiger partial charge in [-0.05, 0) is 37.3 Å². The number of carbonyl (C=O) groups excluding carboxylic acids is 1. The molecule has 1 aromatic rings. The molecule has 108 valence electrons. The van der Waals surface area contributed by atoms with E-state index in [0.717, 1.165) is 31.5 Å². The highest BCUT2D eigenvalue weighted by molar-refractivity contribution is 6.32. The number of hydrogen-bond acceptors (Lipinski definition) is 3. The van der Waals surface area contributed by atoms with Crippen LogP contribution in [0, 0.1) is 12.8 Å². The van der Waals surface area contributed by atoms with Crippen LogP contribution in [0.2, 0.25) is 5.02 Å². The first-order chi connectivity index (χ1) is 9.44. The zero-order chi connectivity index (χ0) is 14.5. The third-order valence-corrected chi connectivity index (χ3v) is 4.85. The molecule has 5 heteroatoms. The Balaban J connectivity index is 2.07. The molecule has 0 spiro atoms. The summed E-state index contributed by atoms with van der Waals surface area (Å²) in [6, 6.07) is 3.50. The highest BCUT2D eigenvalue weighted by Gasteiger charge is 2.51. The number of anilines is 1. The quantitative estimate of drug-likeness (QED) is 0.837. The van der Waals surface area contributed by atoms with Crippen LogP contribution in [-0.4, -0.2) is 29.0 Å². The van der Waals surface area contributed by atoms with Gasteiger partial charge in [0.2, 0.25) is 5.72 Å². The summed E-state index contributed by atoms with van der Waals surface area (Å²) in [4.78, 5) is 14.3. The summed E-state index contributed by atoms with van der Waals surface area (Å²) in [5.74, 6) is 0.116. The number of nitrogens with zero attached hydrogens (tertiary/aromatic N) is 1. The lowest BCUT2D eigenvalue weighted by Crippen LogP contribution is -2.54. The molecule has 1 aromatic carbocycles. The van der Waals surface area contributed by atoms with Crippen molar-refractivity contribution in [2.24, 2.45) is 5.92 Å². The second-order valence-electron chi connectivity index (χ2n) is 5.91. The summed E-state index contributed by atoms with van der Waals surface area (Å²) in [5.41, 5.74) is 0.527. The fourth-order valence-corrected chi connectivity index (χ4v) is 3.42. The Labute approximate surface area is 123 Å². The number of halogens is 1. The van der Waals surface area contributed by atoms with Crippen molar-refractivity contribution in [1.82, 2.24) is 4.90 Å². The maximum absolute atomic E-state index is 12.4. The summed E-state index contributed by atoms with van der Waals surface area (Å²) < 4.78 is 0. The molecule has 0 unspecified atom stereocenters. The van der Waals surface area contributed by atoms with E-state index in [4.69, 9.17) is 11.6 Å². The van der Waals surface area contributed by atoms with Crippen LogP contribution in [0.3, 0.4) is 0 Å². The van der Waals surface area contributed by atoms with Crippen molar-refractivity contribution >= 4 is 23.2 Å². The molecule has 0 radical (unpaired) electrons. The zero-order valence-corrected chi connectivity index (χ0v) is 12.5. The van der Waals surface area contributed by atoms with Crippen LogP contribution in [-0.2, 0) is 10.5 Å². The van der Waals surface area contributed by atoms with E-state index in [1.54, 1.807) is 12.1 Å². The standard InChI is InChI=1S/C15H19ClN2O2/c1-9-4-3-7-18(8-9)15(20)11-5-6-12(16)10(2)13(11)17-14(15)19/h5-6,9,20H,3-4,7-8H2,1-2H3,(H,17,19)/t9-,15-/m1/s1. The van der Waals surface area contributed by atoms with Gasteiger partial charge >= 0.3 is 0 Å². The Morgan fingerprint density at radius 2 is 2.25 bits per heavy atom. The van der Waals surface area contributed by atoms with Crippen LogP contribution >= 0.6 is 11.6 Å². The smallest absolute Gasteiger partial charge is 0.276 e. The van der Waals surface area contributed by atoms with E-state index >= 15 is 0 Å². The molecule has 2 N–H and O–H groups in total. The maximum atomic E-state index is 12.4. The summed E-state index contributed by atoms with van der Waals surface area (Å²) in [7, 11) is 0. The van der Waals surface area contributed by atoms with Gasteiger partial charge in [-0.25, -0.2) is 0 Å². The number of nitrogens with one attached hydrogen (secondary N) is 1. The number of amides is 1. The van der Waals surface area contributed by atoms with Crippen molar-refractivity contribution in [1.29, 1.82) is 0 Å². The Morgan fingerprint density at radius 1 is 1.50 bits per heavy atom. The van der Waals surface area contributed by atoms with E-state index in [2.05, 4.69) is 12.2 Å². The van der Waals surface area contributed by atoms with Crippen molar-refractivity contribution in [3.63, 3.8) is 0 Å². The number of fused-ring (bicyclic) bond motifs is 1. The van der Waals surface area contributed by atoms with Gasteiger partial charge in [-0.1, -0.05) is 24.6 Å². The van der Waals surface area contributed by atoms with Crippen LogP contribution in [0.5, 0.6) is 0 Å². The Kier molecular flexibility index (Phi) is 3.27. The van der Waals surface area contributed by atoms with Crippen LogP contribution in [0.1, 0.15) is 30.9 Å². The molecule has 2 heterocycles. The second kappa shape index (κ2) is 4.72. The van der Waals surface area contributed by atoms with E-state index in [9.17, 15) is 9.90 Å². The van der Waals surface area contributed by atoms with E-state index < -0.39 is 5.72 Å². The monoisotopic (exact) mass is 294 g/mol. The minimum atomic E-state index is -1.56. The normalized spacial score (nSPS) is 30.2. The van der Waals surface area contributed by atoms with Crippen LogP contribution < -0.4 is 5.32 Å². The van der Waals surface area contributed by atoms with E-state index in [-0.39, 0.29) is 5.91 Å². The Hall–Kier alpha value is -1.10. The molecule has 0 aromatic heterocycles. The molecule has 0 saturated carbocycles. The maximum Gasteiger partial charge on any atom is 0.276 e. The number of likely N-dealkylation sites (tertiary alicyclic amines) is 1. The summed E-state index contributed by atoms with van der Waals surface area (Å²) in [5, 5.41) is 14.4. The first-order valence-corrected chi connectivity index (χ1v) is 7.41. The Morgan fingerprint density at radius 3 is 2.95 bits per heavy atom. The van der Waals surface area contributed by atoms with Crippen molar-refractivity contribution in [2.45, 2.75) is 32.4 Å². The van der Waals surface area contributed by atoms with Crippen LogP contribution in [0.25, 0.3) is 0 Å². The van der Waals surface area contributed by atoms with Gasteiger partial charge < -0.3 is 10.4 Å². The minimum Gasteiger partial charge on any atom is -0.364 e. The van der Waals surface area contributed by atoms with Gasteiger partial charge in [-0.15, -0.1) is 0 Å². The van der Waals surface area contributed by atoms with Crippen LogP contribution in [0.15, 0.2) is 12.1 Å². The molecule has 1 amide bonds. The lowest BCUT2D eigenvalue weighted by atomic mass is 9.94. The fraction of sp³-hybridized carbons (Fsp3) is 0.533. The summed E-state index contributed by atoms with van der Waals surface area (Å²) >= 11 is 6.10. The van der Waals surface area contributed by atoms with E-state index in [0.29, 0.717) is 22.2 Å². The summed E-state index contributed by atoms with van der Waals surface area (Å²) in [6.45, 7) is 5.46. The number of benzene rings is 1. The SMILES string of the molecule is Cc1c(Cl)ccc2c1NC(=O)[C@@]2(O)N1CCC[C@@H](C)C1. The minimum absolute atomic E-state index is 0.369. The molecule has 0 aliphatic carbocycles. The van der Waals surface area contributed by atoms with Gasteiger partial charge in [-0.2, -0.15) is 0 Å². The lowest BCUT2D eigenvalue weighted by molar-refractivity contribution is -0.163. The van der Waals surface area contributed by atoms with Gasteiger partial charge in [0, 0.05) is 23.7 Å².